The number of nitrogens with zero attached hydrogens (tertiary/aromatic N) is 2. The molecule has 106 valence electrons. The van der Waals surface area contributed by atoms with Crippen LogP contribution in [0.4, 0.5) is 5.82 Å². The van der Waals surface area contributed by atoms with Crippen molar-refractivity contribution >= 4 is 23.4 Å². The van der Waals surface area contributed by atoms with Gasteiger partial charge in [0.05, 0.1) is 5.02 Å². The van der Waals surface area contributed by atoms with E-state index in [0.29, 0.717) is 5.82 Å². The number of carboxylic acids is 1. The number of anilines is 1. The molecule has 0 fully saturated rings. The maximum atomic E-state index is 11.1. The summed E-state index contributed by atoms with van der Waals surface area (Å²) in [7, 11) is 0. The molecule has 0 aliphatic carbocycles. The van der Waals surface area contributed by atoms with Gasteiger partial charge in [-0.1, -0.05) is 38.3 Å². The minimum Gasteiger partial charge on any atom is -0.476 e. The van der Waals surface area contributed by atoms with Gasteiger partial charge in [0.2, 0.25) is 0 Å². The van der Waals surface area contributed by atoms with Crippen molar-refractivity contribution in [2.24, 2.45) is 0 Å². The van der Waals surface area contributed by atoms with Crippen molar-refractivity contribution in [3.63, 3.8) is 0 Å². The Hall–Kier alpha value is -1.29. The standard InChI is InChI=1S/C14H21ClN2O2/c1-3-5-9-17(10-6-4-2)12-8-7-11(15)13(16-12)14(18)19/h7-8H,3-6,9-10H2,1-2H3,(H,18,19). The number of aromatic carboxylic acids is 1. The van der Waals surface area contributed by atoms with Crippen LogP contribution < -0.4 is 4.90 Å². The van der Waals surface area contributed by atoms with Crippen LogP contribution in [-0.2, 0) is 0 Å². The van der Waals surface area contributed by atoms with Gasteiger partial charge in [0.15, 0.2) is 5.69 Å². The van der Waals surface area contributed by atoms with Gasteiger partial charge >= 0.3 is 5.97 Å². The number of hydrogen-bond donors (Lipinski definition) is 1. The molecule has 0 aliphatic heterocycles. The molecule has 0 bridgehead atoms. The van der Waals surface area contributed by atoms with Gasteiger partial charge in [0.1, 0.15) is 5.82 Å². The molecular formula is C14H21ClN2O2. The number of rotatable bonds is 8. The summed E-state index contributed by atoms with van der Waals surface area (Å²) in [4.78, 5) is 17.4. The van der Waals surface area contributed by atoms with Crippen LogP contribution in [0.25, 0.3) is 0 Å². The molecule has 0 saturated carbocycles. The van der Waals surface area contributed by atoms with E-state index in [9.17, 15) is 4.79 Å². The van der Waals surface area contributed by atoms with Crippen LogP contribution in [0.1, 0.15) is 50.0 Å². The first-order chi connectivity index (χ1) is 9.10. The fourth-order valence-corrected chi connectivity index (χ4v) is 1.98. The average molecular weight is 285 g/mol. The number of carboxylic acid groups (broad SMARTS) is 1. The molecule has 5 heteroatoms. The quantitative estimate of drug-likeness (QED) is 0.788. The summed E-state index contributed by atoms with van der Waals surface area (Å²) in [6, 6.07) is 3.40. The SMILES string of the molecule is CCCCN(CCCC)c1ccc(Cl)c(C(=O)O)n1. The van der Waals surface area contributed by atoms with Crippen LogP contribution >= 0.6 is 11.6 Å². The van der Waals surface area contributed by atoms with Crippen LogP contribution in [0, 0.1) is 0 Å². The molecule has 0 aromatic carbocycles. The van der Waals surface area contributed by atoms with Gasteiger partial charge in [0, 0.05) is 13.1 Å². The number of carbonyl (C=O) groups is 1. The van der Waals surface area contributed by atoms with E-state index < -0.39 is 5.97 Å². The molecule has 1 N–H and O–H groups in total. The normalized spacial score (nSPS) is 10.5. The Morgan fingerprint density at radius 1 is 1.26 bits per heavy atom. The molecule has 1 rings (SSSR count). The van der Waals surface area contributed by atoms with Crippen molar-refractivity contribution in [1.29, 1.82) is 0 Å². The molecule has 4 nitrogen and oxygen atoms in total. The van der Waals surface area contributed by atoms with Gasteiger partial charge in [-0.3, -0.25) is 0 Å². The third kappa shape index (κ3) is 4.71. The minimum absolute atomic E-state index is 0.0721. The molecule has 1 aromatic heterocycles. The highest BCUT2D eigenvalue weighted by molar-refractivity contribution is 6.33. The molecule has 0 amide bonds. The Morgan fingerprint density at radius 3 is 2.32 bits per heavy atom. The lowest BCUT2D eigenvalue weighted by Gasteiger charge is -2.23. The summed E-state index contributed by atoms with van der Waals surface area (Å²) in [6.45, 7) is 6.06. The molecule has 19 heavy (non-hydrogen) atoms. The highest BCUT2D eigenvalue weighted by Crippen LogP contribution is 2.20. The predicted octanol–water partition coefficient (Wildman–Crippen LogP) is 3.84. The van der Waals surface area contributed by atoms with Crippen LogP contribution in [-0.4, -0.2) is 29.1 Å². The van der Waals surface area contributed by atoms with Crippen molar-refractivity contribution in [2.75, 3.05) is 18.0 Å². The first-order valence-electron chi connectivity index (χ1n) is 6.74. The van der Waals surface area contributed by atoms with Gasteiger partial charge < -0.3 is 10.0 Å². The number of unbranched alkanes of at least 4 members (excludes halogenated alkanes) is 2. The van der Waals surface area contributed by atoms with Crippen molar-refractivity contribution < 1.29 is 9.90 Å². The summed E-state index contributed by atoms with van der Waals surface area (Å²) in [5.41, 5.74) is -0.0721. The van der Waals surface area contributed by atoms with Crippen LogP contribution in [0.15, 0.2) is 12.1 Å². The highest BCUT2D eigenvalue weighted by atomic mass is 35.5. The Labute approximate surface area is 119 Å². The molecule has 0 spiro atoms. The van der Waals surface area contributed by atoms with E-state index in [1.165, 1.54) is 0 Å². The van der Waals surface area contributed by atoms with E-state index >= 15 is 0 Å². The second-order valence-corrected chi connectivity index (χ2v) is 4.91. The van der Waals surface area contributed by atoms with Crippen molar-refractivity contribution in [3.8, 4) is 0 Å². The topological polar surface area (TPSA) is 53.4 Å². The summed E-state index contributed by atoms with van der Waals surface area (Å²) in [5, 5.41) is 9.24. The highest BCUT2D eigenvalue weighted by Gasteiger charge is 2.14. The molecular weight excluding hydrogens is 264 g/mol. The smallest absolute Gasteiger partial charge is 0.356 e. The average Bonchev–Trinajstić information content (AvgIpc) is 2.39. The van der Waals surface area contributed by atoms with Crippen molar-refractivity contribution in [2.45, 2.75) is 39.5 Å². The Kier molecular flexibility index (Phi) is 6.64. The van der Waals surface area contributed by atoms with Gasteiger partial charge in [-0.25, -0.2) is 9.78 Å². The summed E-state index contributed by atoms with van der Waals surface area (Å²) < 4.78 is 0. The van der Waals surface area contributed by atoms with Gasteiger partial charge in [-0.15, -0.1) is 0 Å². The van der Waals surface area contributed by atoms with Gasteiger partial charge in [-0.2, -0.15) is 0 Å². The zero-order valence-corrected chi connectivity index (χ0v) is 12.3. The second-order valence-electron chi connectivity index (χ2n) is 4.50. The fourth-order valence-electron chi connectivity index (χ4n) is 1.80. The fraction of sp³-hybridized carbons (Fsp3) is 0.571. The van der Waals surface area contributed by atoms with E-state index in [4.69, 9.17) is 16.7 Å². The summed E-state index contributed by atoms with van der Waals surface area (Å²) in [5.74, 6) is -0.388. The Bertz CT molecular complexity index is 416. The monoisotopic (exact) mass is 284 g/mol. The van der Waals surface area contributed by atoms with E-state index in [-0.39, 0.29) is 10.7 Å². The van der Waals surface area contributed by atoms with E-state index in [1.807, 2.05) is 0 Å². The van der Waals surface area contributed by atoms with Crippen LogP contribution in [0.5, 0.6) is 0 Å². The Morgan fingerprint density at radius 2 is 1.84 bits per heavy atom. The maximum absolute atomic E-state index is 11.1. The number of pyridine rings is 1. The number of hydrogen-bond acceptors (Lipinski definition) is 3. The van der Waals surface area contributed by atoms with Crippen molar-refractivity contribution in [1.82, 2.24) is 4.98 Å². The van der Waals surface area contributed by atoms with E-state index in [0.717, 1.165) is 38.8 Å². The summed E-state index contributed by atoms with van der Waals surface area (Å²) >= 11 is 5.84. The molecule has 0 atom stereocenters. The molecule has 1 heterocycles. The molecule has 0 aliphatic rings. The second kappa shape index (κ2) is 8.00. The lowest BCUT2D eigenvalue weighted by molar-refractivity contribution is 0.0691. The molecule has 0 radical (unpaired) electrons. The molecule has 1 aromatic rings. The van der Waals surface area contributed by atoms with E-state index in [2.05, 4.69) is 23.7 Å². The van der Waals surface area contributed by atoms with E-state index in [1.54, 1.807) is 12.1 Å². The third-order valence-corrected chi connectivity index (χ3v) is 3.23. The Balaban J connectivity index is 2.93. The van der Waals surface area contributed by atoms with Crippen molar-refractivity contribution in [3.05, 3.63) is 22.8 Å². The molecule has 0 unspecified atom stereocenters. The summed E-state index contributed by atoms with van der Waals surface area (Å²) in [6.07, 6.45) is 4.33. The first kappa shape index (κ1) is 15.8. The number of halogens is 1. The maximum Gasteiger partial charge on any atom is 0.356 e. The first-order valence-corrected chi connectivity index (χ1v) is 7.12. The van der Waals surface area contributed by atoms with Gasteiger partial charge in [0.25, 0.3) is 0 Å². The zero-order chi connectivity index (χ0) is 14.3. The number of aromatic nitrogens is 1. The van der Waals surface area contributed by atoms with Crippen LogP contribution in [0.2, 0.25) is 5.02 Å². The minimum atomic E-state index is -1.09. The van der Waals surface area contributed by atoms with Crippen LogP contribution in [0.3, 0.4) is 0 Å². The lowest BCUT2D eigenvalue weighted by Crippen LogP contribution is -2.27. The lowest BCUT2D eigenvalue weighted by atomic mass is 10.2. The largest absolute Gasteiger partial charge is 0.476 e. The third-order valence-electron chi connectivity index (χ3n) is 2.92. The molecule has 0 saturated heterocycles. The zero-order valence-electron chi connectivity index (χ0n) is 11.5. The van der Waals surface area contributed by atoms with Gasteiger partial charge in [-0.05, 0) is 25.0 Å². The predicted molar refractivity (Wildman–Crippen MR) is 78.2 cm³/mol.